The van der Waals surface area contributed by atoms with Crippen LogP contribution in [0.15, 0.2) is 27.6 Å². The van der Waals surface area contributed by atoms with Crippen LogP contribution in [-0.4, -0.2) is 37.9 Å². The molecule has 0 aliphatic carbocycles. The highest BCUT2D eigenvalue weighted by Gasteiger charge is 2.19. The first kappa shape index (κ1) is 14.4. The molecule has 6 nitrogen and oxygen atoms in total. The van der Waals surface area contributed by atoms with Crippen molar-refractivity contribution in [3.63, 3.8) is 0 Å². The van der Waals surface area contributed by atoms with Crippen molar-refractivity contribution in [3.05, 3.63) is 22.7 Å². The average Bonchev–Trinajstić information content (AvgIpc) is 2.29. The van der Waals surface area contributed by atoms with Crippen LogP contribution in [0, 0.1) is 0 Å². The molecule has 0 aliphatic rings. The summed E-state index contributed by atoms with van der Waals surface area (Å²) < 4.78 is 26.3. The third-order valence-corrected chi connectivity index (χ3v) is 4.25. The average molecular weight is 325 g/mol. The molecule has 1 aromatic carbocycles. The SMILES string of the molecule is Nc1ccc(S(=O)(=O)NC(CO)CO)cc1Br. The highest BCUT2D eigenvalue weighted by molar-refractivity contribution is 9.10. The molecular weight excluding hydrogens is 312 g/mol. The number of aliphatic hydroxyl groups is 2. The van der Waals surface area contributed by atoms with Gasteiger partial charge in [0.1, 0.15) is 0 Å². The first-order valence-electron chi connectivity index (χ1n) is 4.69. The van der Waals surface area contributed by atoms with Crippen LogP contribution in [-0.2, 0) is 10.0 Å². The molecule has 8 heteroatoms. The van der Waals surface area contributed by atoms with E-state index in [9.17, 15) is 8.42 Å². The minimum atomic E-state index is -3.78. The summed E-state index contributed by atoms with van der Waals surface area (Å²) in [6.07, 6.45) is 0. The summed E-state index contributed by atoms with van der Waals surface area (Å²) in [5, 5.41) is 17.6. The van der Waals surface area contributed by atoms with Crippen molar-refractivity contribution in [1.82, 2.24) is 4.72 Å². The van der Waals surface area contributed by atoms with E-state index in [2.05, 4.69) is 20.7 Å². The van der Waals surface area contributed by atoms with E-state index in [0.29, 0.717) is 10.2 Å². The highest BCUT2D eigenvalue weighted by Crippen LogP contribution is 2.22. The fourth-order valence-corrected chi connectivity index (χ4v) is 2.87. The van der Waals surface area contributed by atoms with Crippen LogP contribution in [0.2, 0.25) is 0 Å². The van der Waals surface area contributed by atoms with Gasteiger partial charge in [-0.1, -0.05) is 0 Å². The summed E-state index contributed by atoms with van der Waals surface area (Å²) in [5.41, 5.74) is 5.96. The topological polar surface area (TPSA) is 113 Å². The van der Waals surface area contributed by atoms with E-state index < -0.39 is 29.3 Å². The molecule has 0 aromatic heterocycles. The van der Waals surface area contributed by atoms with Gasteiger partial charge in [-0.3, -0.25) is 0 Å². The molecule has 0 unspecified atom stereocenters. The molecule has 0 saturated heterocycles. The Morgan fingerprint density at radius 3 is 2.41 bits per heavy atom. The van der Waals surface area contributed by atoms with Crippen molar-refractivity contribution >= 4 is 31.6 Å². The van der Waals surface area contributed by atoms with Crippen molar-refractivity contribution in [3.8, 4) is 0 Å². The summed E-state index contributed by atoms with van der Waals surface area (Å²) in [6, 6.07) is 3.22. The number of hydrogen-bond donors (Lipinski definition) is 4. The van der Waals surface area contributed by atoms with Crippen LogP contribution in [0.5, 0.6) is 0 Å². The van der Waals surface area contributed by atoms with Gasteiger partial charge >= 0.3 is 0 Å². The quantitative estimate of drug-likeness (QED) is 0.554. The Bertz CT molecular complexity index is 488. The molecule has 17 heavy (non-hydrogen) atoms. The van der Waals surface area contributed by atoms with Gasteiger partial charge in [0.2, 0.25) is 10.0 Å². The van der Waals surface area contributed by atoms with Crippen molar-refractivity contribution in [2.75, 3.05) is 18.9 Å². The second-order valence-corrected chi connectivity index (χ2v) is 5.93. The van der Waals surface area contributed by atoms with E-state index in [0.717, 1.165) is 0 Å². The van der Waals surface area contributed by atoms with E-state index in [1.807, 2.05) is 0 Å². The van der Waals surface area contributed by atoms with E-state index in [1.54, 1.807) is 0 Å². The van der Waals surface area contributed by atoms with Crippen LogP contribution in [0.25, 0.3) is 0 Å². The van der Waals surface area contributed by atoms with Crippen LogP contribution >= 0.6 is 15.9 Å². The zero-order valence-corrected chi connectivity index (χ0v) is 11.2. The Labute approximate surface area is 108 Å². The summed E-state index contributed by atoms with van der Waals surface area (Å²) in [5.74, 6) is 0. The van der Waals surface area contributed by atoms with Gasteiger partial charge in [-0.2, -0.15) is 0 Å². The number of aliphatic hydroxyl groups excluding tert-OH is 2. The number of halogens is 1. The molecule has 0 saturated carbocycles. The van der Waals surface area contributed by atoms with Gasteiger partial charge in [0.05, 0.1) is 24.2 Å². The molecule has 0 amide bonds. The number of nitrogens with one attached hydrogen (secondary N) is 1. The first-order chi connectivity index (χ1) is 7.90. The lowest BCUT2D eigenvalue weighted by Gasteiger charge is -2.14. The third kappa shape index (κ3) is 3.65. The van der Waals surface area contributed by atoms with Crippen molar-refractivity contribution in [1.29, 1.82) is 0 Å². The molecule has 1 aromatic rings. The molecule has 1 rings (SSSR count). The zero-order chi connectivity index (χ0) is 13.1. The van der Waals surface area contributed by atoms with Gasteiger partial charge < -0.3 is 15.9 Å². The Hall–Kier alpha value is -0.670. The monoisotopic (exact) mass is 324 g/mol. The van der Waals surface area contributed by atoms with Crippen LogP contribution in [0.4, 0.5) is 5.69 Å². The van der Waals surface area contributed by atoms with E-state index in [-0.39, 0.29) is 4.90 Å². The van der Waals surface area contributed by atoms with E-state index >= 15 is 0 Å². The highest BCUT2D eigenvalue weighted by atomic mass is 79.9. The fraction of sp³-hybridized carbons (Fsp3) is 0.333. The van der Waals surface area contributed by atoms with Crippen molar-refractivity contribution in [2.24, 2.45) is 0 Å². The van der Waals surface area contributed by atoms with Gasteiger partial charge in [0.15, 0.2) is 0 Å². The predicted molar refractivity (Wildman–Crippen MR) is 66.8 cm³/mol. The standard InChI is InChI=1S/C9H13BrN2O4S/c10-8-3-7(1-2-9(8)11)17(15,16)12-6(4-13)5-14/h1-3,6,12-14H,4-5,11H2. The van der Waals surface area contributed by atoms with Crippen molar-refractivity contribution < 1.29 is 18.6 Å². The molecule has 0 atom stereocenters. The first-order valence-corrected chi connectivity index (χ1v) is 6.97. The summed E-state index contributed by atoms with van der Waals surface area (Å²) in [6.45, 7) is -0.961. The Morgan fingerprint density at radius 1 is 1.35 bits per heavy atom. The van der Waals surface area contributed by atoms with Gasteiger partial charge in [0, 0.05) is 10.2 Å². The Balaban J connectivity index is 3.01. The summed E-state index contributed by atoms with van der Waals surface area (Å²) in [4.78, 5) is 0.00507. The molecule has 96 valence electrons. The lowest BCUT2D eigenvalue weighted by Crippen LogP contribution is -2.40. The number of nitrogens with two attached hydrogens (primary N) is 1. The number of sulfonamides is 1. The number of anilines is 1. The van der Waals surface area contributed by atoms with Crippen LogP contribution < -0.4 is 10.5 Å². The van der Waals surface area contributed by atoms with Gasteiger partial charge in [-0.05, 0) is 34.1 Å². The predicted octanol–water partition coefficient (Wildman–Crippen LogP) is -0.337. The normalized spacial score (nSPS) is 12.0. The maximum Gasteiger partial charge on any atom is 0.241 e. The Kier molecular flexibility index (Phi) is 4.90. The Morgan fingerprint density at radius 2 is 1.94 bits per heavy atom. The molecule has 0 heterocycles. The smallest absolute Gasteiger partial charge is 0.241 e. The van der Waals surface area contributed by atoms with Gasteiger partial charge in [0.25, 0.3) is 0 Å². The van der Waals surface area contributed by atoms with E-state index in [1.165, 1.54) is 18.2 Å². The molecule has 0 bridgehead atoms. The van der Waals surface area contributed by atoms with Gasteiger partial charge in [-0.15, -0.1) is 0 Å². The van der Waals surface area contributed by atoms with Gasteiger partial charge in [-0.25, -0.2) is 13.1 Å². The number of hydrogen-bond acceptors (Lipinski definition) is 5. The minimum Gasteiger partial charge on any atom is -0.398 e. The largest absolute Gasteiger partial charge is 0.398 e. The van der Waals surface area contributed by atoms with Crippen molar-refractivity contribution in [2.45, 2.75) is 10.9 Å². The maximum absolute atomic E-state index is 11.8. The second kappa shape index (κ2) is 5.78. The zero-order valence-electron chi connectivity index (χ0n) is 8.80. The fourth-order valence-electron chi connectivity index (χ4n) is 1.09. The van der Waals surface area contributed by atoms with Crippen LogP contribution in [0.3, 0.4) is 0 Å². The number of nitrogen functional groups attached to an aromatic ring is 1. The molecular formula is C9H13BrN2O4S. The lowest BCUT2D eigenvalue weighted by atomic mass is 10.3. The molecule has 0 aliphatic heterocycles. The summed E-state index contributed by atoms with van der Waals surface area (Å²) in [7, 11) is -3.78. The minimum absolute atomic E-state index is 0.00507. The molecule has 0 fully saturated rings. The van der Waals surface area contributed by atoms with Crippen LogP contribution in [0.1, 0.15) is 0 Å². The van der Waals surface area contributed by atoms with E-state index in [4.69, 9.17) is 15.9 Å². The lowest BCUT2D eigenvalue weighted by molar-refractivity contribution is 0.185. The maximum atomic E-state index is 11.8. The number of benzene rings is 1. The molecule has 5 N–H and O–H groups in total. The summed E-state index contributed by atoms with van der Waals surface area (Å²) >= 11 is 3.12. The molecule has 0 spiro atoms. The third-order valence-electron chi connectivity index (χ3n) is 2.04. The molecule has 0 radical (unpaired) electrons. The second-order valence-electron chi connectivity index (χ2n) is 3.37. The number of rotatable bonds is 5.